The van der Waals surface area contributed by atoms with Crippen LogP contribution in [0.5, 0.6) is 0 Å². The predicted octanol–water partition coefficient (Wildman–Crippen LogP) is 1.51. The van der Waals surface area contributed by atoms with Crippen molar-refractivity contribution in [3.63, 3.8) is 0 Å². The number of nitrogens with zero attached hydrogens (tertiary/aromatic N) is 3. The second-order valence-electron chi connectivity index (χ2n) is 5.90. The molecule has 0 saturated heterocycles. The van der Waals surface area contributed by atoms with Gasteiger partial charge < -0.3 is 15.2 Å². The lowest BCUT2D eigenvalue weighted by atomic mass is 9.89. The number of para-hydroxylation sites is 1. The molecule has 0 spiro atoms. The zero-order valence-corrected chi connectivity index (χ0v) is 13.7. The first-order valence-corrected chi connectivity index (χ1v) is 8.19. The van der Waals surface area contributed by atoms with E-state index in [4.69, 9.17) is 0 Å². The van der Waals surface area contributed by atoms with E-state index in [1.807, 2.05) is 35.8 Å². The molecule has 2 N–H and O–H groups in total. The molecule has 0 unspecified atom stereocenters. The second-order valence-corrected chi connectivity index (χ2v) is 5.90. The highest BCUT2D eigenvalue weighted by molar-refractivity contribution is 5.96. The number of hydrogen-bond donors (Lipinski definition) is 2. The molecule has 1 atom stereocenters. The molecule has 0 radical (unpaired) electrons. The largest absolute Gasteiger partial charge is 0.349 e. The van der Waals surface area contributed by atoms with Crippen molar-refractivity contribution in [1.82, 2.24) is 20.1 Å². The van der Waals surface area contributed by atoms with Gasteiger partial charge in [0.1, 0.15) is 6.33 Å². The van der Waals surface area contributed by atoms with Crippen LogP contribution in [-0.4, -0.2) is 26.6 Å². The summed E-state index contributed by atoms with van der Waals surface area (Å²) in [4.78, 5) is 24.2. The maximum Gasteiger partial charge on any atom is 0.227 e. The first-order valence-electron chi connectivity index (χ1n) is 8.19. The summed E-state index contributed by atoms with van der Waals surface area (Å²) in [5.74, 6) is 0.486. The van der Waals surface area contributed by atoms with E-state index in [-0.39, 0.29) is 17.7 Å². The van der Waals surface area contributed by atoms with E-state index < -0.39 is 0 Å². The Hall–Kier alpha value is -2.70. The van der Waals surface area contributed by atoms with Crippen molar-refractivity contribution in [2.45, 2.75) is 39.3 Å². The number of amides is 2. The van der Waals surface area contributed by atoms with E-state index >= 15 is 0 Å². The lowest BCUT2D eigenvalue weighted by molar-refractivity contribution is -0.123. The van der Waals surface area contributed by atoms with Crippen LogP contribution < -0.4 is 10.6 Å². The van der Waals surface area contributed by atoms with Gasteiger partial charge in [-0.1, -0.05) is 18.2 Å². The SMILES string of the molecule is CCn1cnnc1CNC(=O)CC[C@@H]1Cc2ccccc2NC1=O. The molecule has 2 heterocycles. The standard InChI is InChI=1S/C17H21N5O2/c1-2-22-11-19-21-15(22)10-18-16(23)8-7-13-9-12-5-3-4-6-14(12)20-17(13)24/h3-6,11,13H,2,7-10H2,1H3,(H,18,23)(H,20,24)/t13-/m1/s1. The number of rotatable bonds is 6. The molecule has 0 saturated carbocycles. The number of hydrogen-bond acceptors (Lipinski definition) is 4. The van der Waals surface area contributed by atoms with Crippen molar-refractivity contribution in [2.24, 2.45) is 5.92 Å². The second kappa shape index (κ2) is 7.25. The number of aromatic nitrogens is 3. The molecule has 0 aliphatic carbocycles. The monoisotopic (exact) mass is 327 g/mol. The van der Waals surface area contributed by atoms with Crippen LogP contribution in [0.3, 0.4) is 0 Å². The number of benzene rings is 1. The minimum atomic E-state index is -0.162. The maximum absolute atomic E-state index is 12.1. The quantitative estimate of drug-likeness (QED) is 0.841. The number of carbonyl (C=O) groups is 2. The average molecular weight is 327 g/mol. The fourth-order valence-electron chi connectivity index (χ4n) is 2.90. The van der Waals surface area contributed by atoms with Crippen molar-refractivity contribution in [3.05, 3.63) is 42.0 Å². The Kier molecular flexibility index (Phi) is 4.88. The summed E-state index contributed by atoms with van der Waals surface area (Å²) in [5.41, 5.74) is 2.00. The molecule has 24 heavy (non-hydrogen) atoms. The molecule has 0 bridgehead atoms. The first kappa shape index (κ1) is 16.2. The van der Waals surface area contributed by atoms with Gasteiger partial charge in [0.25, 0.3) is 0 Å². The van der Waals surface area contributed by atoms with Gasteiger partial charge >= 0.3 is 0 Å². The summed E-state index contributed by atoms with van der Waals surface area (Å²) in [7, 11) is 0. The van der Waals surface area contributed by atoms with Gasteiger partial charge in [0, 0.05) is 24.6 Å². The van der Waals surface area contributed by atoms with Crippen molar-refractivity contribution >= 4 is 17.5 Å². The van der Waals surface area contributed by atoms with Crippen LogP contribution in [0.4, 0.5) is 5.69 Å². The molecule has 126 valence electrons. The summed E-state index contributed by atoms with van der Waals surface area (Å²) >= 11 is 0. The van der Waals surface area contributed by atoms with Crippen LogP contribution in [0.1, 0.15) is 31.2 Å². The van der Waals surface area contributed by atoms with Gasteiger partial charge in [-0.05, 0) is 31.4 Å². The Morgan fingerprint density at radius 3 is 3.08 bits per heavy atom. The molecule has 1 aliphatic heterocycles. The van der Waals surface area contributed by atoms with E-state index in [0.717, 1.165) is 23.6 Å². The van der Waals surface area contributed by atoms with Crippen LogP contribution in [0.2, 0.25) is 0 Å². The molecule has 3 rings (SSSR count). The van der Waals surface area contributed by atoms with Crippen molar-refractivity contribution in [2.75, 3.05) is 5.32 Å². The van der Waals surface area contributed by atoms with Gasteiger partial charge in [-0.15, -0.1) is 10.2 Å². The van der Waals surface area contributed by atoms with Crippen LogP contribution >= 0.6 is 0 Å². The molecular formula is C17H21N5O2. The first-order chi connectivity index (χ1) is 11.7. The van der Waals surface area contributed by atoms with Gasteiger partial charge in [0.15, 0.2) is 5.82 Å². The van der Waals surface area contributed by atoms with Gasteiger partial charge in [0.05, 0.1) is 6.54 Å². The topological polar surface area (TPSA) is 88.9 Å². The van der Waals surface area contributed by atoms with E-state index in [1.165, 1.54) is 0 Å². The Balaban J connectivity index is 1.49. The Morgan fingerprint density at radius 2 is 2.25 bits per heavy atom. The highest BCUT2D eigenvalue weighted by atomic mass is 16.2. The maximum atomic E-state index is 12.1. The highest BCUT2D eigenvalue weighted by Crippen LogP contribution is 2.27. The van der Waals surface area contributed by atoms with Crippen LogP contribution in [0.15, 0.2) is 30.6 Å². The molecule has 1 aromatic carbocycles. The molecule has 1 aliphatic rings. The predicted molar refractivity (Wildman–Crippen MR) is 89.0 cm³/mol. The van der Waals surface area contributed by atoms with Crippen LogP contribution in [0, 0.1) is 5.92 Å². The zero-order chi connectivity index (χ0) is 16.9. The molecule has 2 amide bonds. The average Bonchev–Trinajstić information content (AvgIpc) is 3.05. The van der Waals surface area contributed by atoms with E-state index in [2.05, 4.69) is 20.8 Å². The summed E-state index contributed by atoms with van der Waals surface area (Å²) in [6.07, 6.45) is 3.18. The van der Waals surface area contributed by atoms with Crippen LogP contribution in [0.25, 0.3) is 0 Å². The number of carbonyl (C=O) groups excluding carboxylic acids is 2. The third kappa shape index (κ3) is 3.61. The normalized spacial score (nSPS) is 16.4. The van der Waals surface area contributed by atoms with Gasteiger partial charge in [-0.3, -0.25) is 9.59 Å². The zero-order valence-electron chi connectivity index (χ0n) is 13.7. The number of anilines is 1. The third-order valence-electron chi connectivity index (χ3n) is 4.31. The van der Waals surface area contributed by atoms with E-state index in [1.54, 1.807) is 6.33 Å². The fourth-order valence-corrected chi connectivity index (χ4v) is 2.90. The minimum Gasteiger partial charge on any atom is -0.349 e. The Labute approximate surface area is 140 Å². The molecule has 0 fully saturated rings. The number of aryl methyl sites for hydroxylation is 1. The van der Waals surface area contributed by atoms with Gasteiger partial charge in [-0.25, -0.2) is 0 Å². The van der Waals surface area contributed by atoms with Gasteiger partial charge in [-0.2, -0.15) is 0 Å². The van der Waals surface area contributed by atoms with Crippen molar-refractivity contribution in [3.8, 4) is 0 Å². The molecular weight excluding hydrogens is 306 g/mol. The van der Waals surface area contributed by atoms with Crippen molar-refractivity contribution in [1.29, 1.82) is 0 Å². The fraction of sp³-hybridized carbons (Fsp3) is 0.412. The highest BCUT2D eigenvalue weighted by Gasteiger charge is 2.26. The molecule has 2 aromatic rings. The Morgan fingerprint density at radius 1 is 1.42 bits per heavy atom. The summed E-state index contributed by atoms with van der Waals surface area (Å²) in [6.45, 7) is 3.11. The summed E-state index contributed by atoms with van der Waals surface area (Å²) in [6, 6.07) is 7.78. The molecule has 7 heteroatoms. The minimum absolute atomic E-state index is 0.00720. The third-order valence-corrected chi connectivity index (χ3v) is 4.31. The summed E-state index contributed by atoms with van der Waals surface area (Å²) in [5, 5.41) is 13.6. The van der Waals surface area contributed by atoms with Crippen molar-refractivity contribution < 1.29 is 9.59 Å². The van der Waals surface area contributed by atoms with E-state index in [0.29, 0.717) is 25.8 Å². The molecule has 7 nitrogen and oxygen atoms in total. The summed E-state index contributed by atoms with van der Waals surface area (Å²) < 4.78 is 1.88. The van der Waals surface area contributed by atoms with Crippen LogP contribution in [-0.2, 0) is 29.1 Å². The lowest BCUT2D eigenvalue weighted by Crippen LogP contribution is -2.31. The number of nitrogens with one attached hydrogen (secondary N) is 2. The molecule has 1 aromatic heterocycles. The number of fused-ring (bicyclic) bond motifs is 1. The Bertz CT molecular complexity index is 740. The van der Waals surface area contributed by atoms with Gasteiger partial charge in [0.2, 0.25) is 11.8 Å². The smallest absolute Gasteiger partial charge is 0.227 e. The lowest BCUT2D eigenvalue weighted by Gasteiger charge is -2.24. The van der Waals surface area contributed by atoms with E-state index in [9.17, 15) is 9.59 Å².